The summed E-state index contributed by atoms with van der Waals surface area (Å²) in [5.41, 5.74) is 7.65. The Balaban J connectivity index is 2.54. The summed E-state index contributed by atoms with van der Waals surface area (Å²) in [7, 11) is 0. The third-order valence-electron chi connectivity index (χ3n) is 2.65. The Bertz CT molecular complexity index is 550. The maximum Gasteiger partial charge on any atom is 0.249 e. The molecule has 0 saturated carbocycles. The first kappa shape index (κ1) is 12.2. The number of rotatable bonds is 4. The Morgan fingerprint density at radius 2 is 1.89 bits per heavy atom. The van der Waals surface area contributed by atoms with Gasteiger partial charge in [0.1, 0.15) is 5.75 Å². The second-order valence-electron chi connectivity index (χ2n) is 3.87. The summed E-state index contributed by atoms with van der Waals surface area (Å²) >= 11 is 0. The van der Waals surface area contributed by atoms with Gasteiger partial charge in [-0.25, -0.2) is 0 Å². The molecule has 2 rings (SSSR count). The van der Waals surface area contributed by atoms with Crippen molar-refractivity contribution in [1.82, 2.24) is 0 Å². The minimum absolute atomic E-state index is 0.433. The van der Waals surface area contributed by atoms with Crippen LogP contribution in [0.2, 0.25) is 0 Å². The van der Waals surface area contributed by atoms with E-state index in [4.69, 9.17) is 10.5 Å². The number of carbonyl (C=O) groups is 1. The molecule has 0 radical (unpaired) electrons. The number of amides is 1. The molecule has 2 aromatic rings. The Hall–Kier alpha value is -2.29. The predicted molar refractivity (Wildman–Crippen MR) is 71.6 cm³/mol. The van der Waals surface area contributed by atoms with Crippen molar-refractivity contribution in [3.8, 4) is 16.9 Å². The lowest BCUT2D eigenvalue weighted by atomic mass is 9.99. The molecule has 0 spiro atoms. The van der Waals surface area contributed by atoms with Crippen molar-refractivity contribution >= 4 is 5.91 Å². The van der Waals surface area contributed by atoms with Gasteiger partial charge in [-0.3, -0.25) is 4.79 Å². The highest BCUT2D eigenvalue weighted by molar-refractivity contribution is 6.00. The monoisotopic (exact) mass is 241 g/mol. The molecular weight excluding hydrogens is 226 g/mol. The van der Waals surface area contributed by atoms with Gasteiger partial charge in [-0.2, -0.15) is 0 Å². The molecule has 0 heterocycles. The summed E-state index contributed by atoms with van der Waals surface area (Å²) in [4.78, 5) is 11.4. The molecule has 0 bridgehead atoms. The molecule has 2 N–H and O–H groups in total. The topological polar surface area (TPSA) is 52.3 Å². The molecule has 0 aliphatic carbocycles. The minimum atomic E-state index is -0.433. The Kier molecular flexibility index (Phi) is 3.63. The van der Waals surface area contributed by atoms with E-state index in [2.05, 4.69) is 0 Å². The molecule has 92 valence electrons. The molecule has 0 atom stereocenters. The molecule has 0 unspecified atom stereocenters. The summed E-state index contributed by atoms with van der Waals surface area (Å²) in [5.74, 6) is 0.304. The van der Waals surface area contributed by atoms with Crippen molar-refractivity contribution in [2.45, 2.75) is 6.92 Å². The fourth-order valence-electron chi connectivity index (χ4n) is 1.85. The number of hydrogen-bond acceptors (Lipinski definition) is 2. The van der Waals surface area contributed by atoms with Crippen LogP contribution < -0.4 is 10.5 Å². The van der Waals surface area contributed by atoms with Gasteiger partial charge >= 0.3 is 0 Å². The van der Waals surface area contributed by atoms with Crippen LogP contribution in [0, 0.1) is 0 Å². The van der Waals surface area contributed by atoms with Crippen LogP contribution in [0.5, 0.6) is 5.75 Å². The number of ether oxygens (including phenoxy) is 1. The Labute approximate surface area is 106 Å². The van der Waals surface area contributed by atoms with E-state index in [0.717, 1.165) is 16.9 Å². The van der Waals surface area contributed by atoms with E-state index in [1.165, 1.54) is 0 Å². The molecule has 18 heavy (non-hydrogen) atoms. The summed E-state index contributed by atoms with van der Waals surface area (Å²) in [6.45, 7) is 2.51. The van der Waals surface area contributed by atoms with Gasteiger partial charge in [-0.15, -0.1) is 0 Å². The summed E-state index contributed by atoms with van der Waals surface area (Å²) < 4.78 is 5.45. The first-order valence-electron chi connectivity index (χ1n) is 5.84. The van der Waals surface area contributed by atoms with Crippen molar-refractivity contribution in [2.24, 2.45) is 5.73 Å². The average Bonchev–Trinajstić information content (AvgIpc) is 2.40. The lowest BCUT2D eigenvalue weighted by molar-refractivity contribution is 0.100. The van der Waals surface area contributed by atoms with Crippen LogP contribution in [0.4, 0.5) is 0 Å². The molecule has 1 amide bonds. The van der Waals surface area contributed by atoms with Crippen LogP contribution in [-0.2, 0) is 0 Å². The Morgan fingerprint density at radius 3 is 2.50 bits per heavy atom. The van der Waals surface area contributed by atoms with Crippen molar-refractivity contribution in [1.29, 1.82) is 0 Å². The van der Waals surface area contributed by atoms with Gasteiger partial charge in [0.2, 0.25) is 5.91 Å². The number of primary amides is 1. The number of nitrogens with two attached hydrogens (primary N) is 1. The van der Waals surface area contributed by atoms with E-state index < -0.39 is 5.91 Å². The fraction of sp³-hybridized carbons (Fsp3) is 0.133. The highest BCUT2D eigenvalue weighted by atomic mass is 16.5. The van der Waals surface area contributed by atoms with E-state index in [1.54, 1.807) is 12.1 Å². The molecular formula is C15H15NO2. The van der Waals surface area contributed by atoms with Crippen molar-refractivity contribution < 1.29 is 9.53 Å². The minimum Gasteiger partial charge on any atom is -0.494 e. The average molecular weight is 241 g/mol. The number of hydrogen-bond donors (Lipinski definition) is 1. The highest BCUT2D eigenvalue weighted by Gasteiger charge is 2.11. The van der Waals surface area contributed by atoms with Gasteiger partial charge in [0.25, 0.3) is 0 Å². The summed E-state index contributed by atoms with van der Waals surface area (Å²) in [6, 6.07) is 15.0. The number of carbonyl (C=O) groups excluding carboxylic acids is 1. The van der Waals surface area contributed by atoms with E-state index >= 15 is 0 Å². The first-order chi connectivity index (χ1) is 8.72. The zero-order chi connectivity index (χ0) is 13.0. The summed E-state index contributed by atoms with van der Waals surface area (Å²) in [5, 5.41) is 0. The third kappa shape index (κ3) is 2.51. The van der Waals surface area contributed by atoms with Crippen LogP contribution in [0.15, 0.2) is 48.5 Å². The predicted octanol–water partition coefficient (Wildman–Crippen LogP) is 2.85. The lowest BCUT2D eigenvalue weighted by Gasteiger charge is -2.10. The molecule has 2 aromatic carbocycles. The smallest absolute Gasteiger partial charge is 0.249 e. The normalized spacial score (nSPS) is 10.1. The van der Waals surface area contributed by atoms with Gasteiger partial charge in [-0.1, -0.05) is 30.3 Å². The zero-order valence-corrected chi connectivity index (χ0v) is 10.2. The van der Waals surface area contributed by atoms with Crippen LogP contribution in [-0.4, -0.2) is 12.5 Å². The second kappa shape index (κ2) is 5.36. The third-order valence-corrected chi connectivity index (χ3v) is 2.65. The zero-order valence-electron chi connectivity index (χ0n) is 10.2. The van der Waals surface area contributed by atoms with Crippen LogP contribution >= 0.6 is 0 Å². The molecule has 0 fully saturated rings. The van der Waals surface area contributed by atoms with E-state index in [0.29, 0.717) is 12.2 Å². The van der Waals surface area contributed by atoms with Crippen LogP contribution in [0.1, 0.15) is 17.3 Å². The van der Waals surface area contributed by atoms with Gasteiger partial charge < -0.3 is 10.5 Å². The van der Waals surface area contributed by atoms with E-state index in [9.17, 15) is 4.79 Å². The standard InChI is InChI=1S/C15H15NO2/c1-2-18-12-8-9-13(15(16)17)14(10-12)11-6-4-3-5-7-11/h3-10H,2H2,1H3,(H2,16,17). The van der Waals surface area contributed by atoms with Crippen LogP contribution in [0.3, 0.4) is 0 Å². The molecule has 3 nitrogen and oxygen atoms in total. The molecule has 0 aliphatic rings. The molecule has 0 aromatic heterocycles. The van der Waals surface area contributed by atoms with Gasteiger partial charge in [0.05, 0.1) is 6.61 Å². The van der Waals surface area contributed by atoms with Gasteiger partial charge in [-0.05, 0) is 36.2 Å². The number of benzene rings is 2. The largest absolute Gasteiger partial charge is 0.494 e. The quantitative estimate of drug-likeness (QED) is 0.894. The van der Waals surface area contributed by atoms with Crippen molar-refractivity contribution in [3.05, 3.63) is 54.1 Å². The first-order valence-corrected chi connectivity index (χ1v) is 5.84. The Morgan fingerprint density at radius 1 is 1.17 bits per heavy atom. The van der Waals surface area contributed by atoms with Gasteiger partial charge in [0, 0.05) is 5.56 Å². The highest BCUT2D eigenvalue weighted by Crippen LogP contribution is 2.27. The van der Waals surface area contributed by atoms with Crippen molar-refractivity contribution in [3.63, 3.8) is 0 Å². The van der Waals surface area contributed by atoms with Crippen LogP contribution in [0.25, 0.3) is 11.1 Å². The maximum atomic E-state index is 11.4. The van der Waals surface area contributed by atoms with E-state index in [-0.39, 0.29) is 0 Å². The summed E-state index contributed by atoms with van der Waals surface area (Å²) in [6.07, 6.45) is 0. The molecule has 3 heteroatoms. The maximum absolute atomic E-state index is 11.4. The SMILES string of the molecule is CCOc1ccc(C(N)=O)c(-c2ccccc2)c1. The van der Waals surface area contributed by atoms with E-state index in [1.807, 2.05) is 43.3 Å². The molecule has 0 saturated heterocycles. The fourth-order valence-corrected chi connectivity index (χ4v) is 1.85. The van der Waals surface area contributed by atoms with Crippen molar-refractivity contribution in [2.75, 3.05) is 6.61 Å². The second-order valence-corrected chi connectivity index (χ2v) is 3.87. The lowest BCUT2D eigenvalue weighted by Crippen LogP contribution is -2.12. The van der Waals surface area contributed by atoms with Gasteiger partial charge in [0.15, 0.2) is 0 Å². The molecule has 0 aliphatic heterocycles.